The van der Waals surface area contributed by atoms with Crippen molar-refractivity contribution < 1.29 is 13.2 Å². The molecule has 0 N–H and O–H groups in total. The first kappa shape index (κ1) is 15.8. The van der Waals surface area contributed by atoms with Crippen molar-refractivity contribution >= 4 is 21.4 Å². The highest BCUT2D eigenvalue weighted by atomic mass is 32.2. The summed E-state index contributed by atoms with van der Waals surface area (Å²) in [5, 5.41) is 1.76. The number of sulfonamides is 1. The second-order valence-corrected chi connectivity index (χ2v) is 7.66. The molecule has 1 aromatic carbocycles. The van der Waals surface area contributed by atoms with Crippen LogP contribution in [0, 0.1) is 0 Å². The molecule has 0 atom stereocenters. The van der Waals surface area contributed by atoms with Crippen LogP contribution < -0.4 is 4.74 Å². The van der Waals surface area contributed by atoms with E-state index in [0.29, 0.717) is 17.4 Å². The minimum absolute atomic E-state index is 0.321. The molecule has 0 radical (unpaired) electrons. The molecule has 0 aliphatic heterocycles. The Kier molecular flexibility index (Phi) is 5.17. The molecule has 0 aliphatic carbocycles. The Balaban J connectivity index is 2.06. The quantitative estimate of drug-likeness (QED) is 0.736. The zero-order chi connectivity index (χ0) is 15.3. The lowest BCUT2D eigenvalue weighted by Gasteiger charge is -2.16. The number of benzene rings is 1. The van der Waals surface area contributed by atoms with Crippen LogP contribution in [0.4, 0.5) is 0 Å². The maximum absolute atomic E-state index is 12.3. The van der Waals surface area contributed by atoms with Crippen molar-refractivity contribution in [3.8, 4) is 5.75 Å². The predicted molar refractivity (Wildman–Crippen MR) is 85.1 cm³/mol. The van der Waals surface area contributed by atoms with Gasteiger partial charge in [-0.1, -0.05) is 30.9 Å². The fraction of sp³-hybridized carbons (Fsp3) is 0.200. The molecular formula is C15H17NO3S2. The summed E-state index contributed by atoms with van der Waals surface area (Å²) >= 11 is 1.22. The minimum atomic E-state index is -3.41. The van der Waals surface area contributed by atoms with Gasteiger partial charge in [0.15, 0.2) is 0 Å². The van der Waals surface area contributed by atoms with Crippen LogP contribution >= 0.6 is 11.3 Å². The Morgan fingerprint density at radius 1 is 1.29 bits per heavy atom. The third kappa shape index (κ3) is 3.93. The molecule has 0 bridgehead atoms. The van der Waals surface area contributed by atoms with Crippen LogP contribution in [0.2, 0.25) is 0 Å². The van der Waals surface area contributed by atoms with Gasteiger partial charge >= 0.3 is 0 Å². The molecule has 0 saturated heterocycles. The predicted octanol–water partition coefficient (Wildman–Crippen LogP) is 3.13. The van der Waals surface area contributed by atoms with Gasteiger partial charge in [0.05, 0.1) is 0 Å². The minimum Gasteiger partial charge on any atom is -0.490 e. The number of nitrogens with zero attached hydrogens (tertiary/aromatic N) is 1. The standard InChI is InChI=1S/C15H17NO3S2/c1-3-10-19-14-8-6-13(7-9-14)12-16(2)21(17,18)15-5-4-11-20-15/h3-9,11H,1,10,12H2,2H3. The Labute approximate surface area is 129 Å². The van der Waals surface area contributed by atoms with Gasteiger partial charge in [-0.15, -0.1) is 11.3 Å². The molecule has 4 nitrogen and oxygen atoms in total. The van der Waals surface area contributed by atoms with Gasteiger partial charge in [-0.05, 0) is 29.1 Å². The van der Waals surface area contributed by atoms with E-state index in [-0.39, 0.29) is 0 Å². The number of hydrogen-bond donors (Lipinski definition) is 0. The molecule has 0 amide bonds. The molecule has 0 aliphatic rings. The van der Waals surface area contributed by atoms with Crippen LogP contribution in [0.25, 0.3) is 0 Å². The first-order chi connectivity index (χ1) is 10.0. The van der Waals surface area contributed by atoms with Gasteiger partial charge in [-0.2, -0.15) is 4.31 Å². The monoisotopic (exact) mass is 323 g/mol. The highest BCUT2D eigenvalue weighted by Gasteiger charge is 2.21. The number of hydrogen-bond acceptors (Lipinski definition) is 4. The Bertz CT molecular complexity index is 676. The smallest absolute Gasteiger partial charge is 0.252 e. The van der Waals surface area contributed by atoms with Crippen LogP contribution in [-0.4, -0.2) is 26.4 Å². The molecular weight excluding hydrogens is 306 g/mol. The second kappa shape index (κ2) is 6.89. The fourth-order valence-electron chi connectivity index (χ4n) is 1.75. The summed E-state index contributed by atoms with van der Waals surface area (Å²) in [6.45, 7) is 4.36. The van der Waals surface area contributed by atoms with Crippen molar-refractivity contribution in [3.63, 3.8) is 0 Å². The van der Waals surface area contributed by atoms with Gasteiger partial charge in [-0.3, -0.25) is 0 Å². The van der Waals surface area contributed by atoms with Crippen molar-refractivity contribution in [2.24, 2.45) is 0 Å². The number of ether oxygens (including phenoxy) is 1. The zero-order valence-electron chi connectivity index (χ0n) is 11.7. The van der Waals surface area contributed by atoms with E-state index in [1.54, 1.807) is 30.6 Å². The molecule has 6 heteroatoms. The van der Waals surface area contributed by atoms with Crippen LogP contribution in [0.3, 0.4) is 0 Å². The first-order valence-electron chi connectivity index (χ1n) is 6.36. The summed E-state index contributed by atoms with van der Waals surface area (Å²) in [4.78, 5) is 0. The summed E-state index contributed by atoms with van der Waals surface area (Å²) in [5.41, 5.74) is 0.906. The highest BCUT2D eigenvalue weighted by molar-refractivity contribution is 7.91. The zero-order valence-corrected chi connectivity index (χ0v) is 13.4. The van der Waals surface area contributed by atoms with Gasteiger partial charge in [0.1, 0.15) is 16.6 Å². The van der Waals surface area contributed by atoms with Crippen molar-refractivity contribution in [1.82, 2.24) is 4.31 Å². The average molecular weight is 323 g/mol. The second-order valence-electron chi connectivity index (χ2n) is 4.44. The molecule has 0 fully saturated rings. The van der Waals surface area contributed by atoms with E-state index in [2.05, 4.69) is 6.58 Å². The lowest BCUT2D eigenvalue weighted by atomic mass is 10.2. The topological polar surface area (TPSA) is 46.6 Å². The SMILES string of the molecule is C=CCOc1ccc(CN(C)S(=O)(=O)c2cccs2)cc1. The van der Waals surface area contributed by atoms with Crippen LogP contribution in [0.5, 0.6) is 5.75 Å². The maximum Gasteiger partial charge on any atom is 0.252 e. The van der Waals surface area contributed by atoms with E-state index in [4.69, 9.17) is 4.74 Å². The maximum atomic E-state index is 12.3. The van der Waals surface area contributed by atoms with E-state index >= 15 is 0 Å². The molecule has 2 aromatic rings. The third-order valence-corrected chi connectivity index (χ3v) is 6.03. The van der Waals surface area contributed by atoms with Crippen LogP contribution in [0.15, 0.2) is 58.6 Å². The average Bonchev–Trinajstić information content (AvgIpc) is 3.01. The molecule has 0 unspecified atom stereocenters. The molecule has 1 aromatic heterocycles. The summed E-state index contributed by atoms with van der Waals surface area (Å²) < 4.78 is 31.7. The third-order valence-electron chi connectivity index (χ3n) is 2.86. The van der Waals surface area contributed by atoms with Gasteiger partial charge in [0.25, 0.3) is 10.0 Å². The molecule has 112 valence electrons. The van der Waals surface area contributed by atoms with E-state index in [9.17, 15) is 8.42 Å². The largest absolute Gasteiger partial charge is 0.490 e. The first-order valence-corrected chi connectivity index (χ1v) is 8.68. The Morgan fingerprint density at radius 2 is 2.00 bits per heavy atom. The van der Waals surface area contributed by atoms with E-state index < -0.39 is 10.0 Å². The number of thiophene rings is 1. The molecule has 21 heavy (non-hydrogen) atoms. The summed E-state index contributed by atoms with van der Waals surface area (Å²) in [7, 11) is -1.83. The summed E-state index contributed by atoms with van der Waals surface area (Å²) in [6.07, 6.45) is 1.68. The van der Waals surface area contributed by atoms with Crippen molar-refractivity contribution in [2.45, 2.75) is 10.8 Å². The van der Waals surface area contributed by atoms with Gasteiger partial charge in [0, 0.05) is 13.6 Å². The van der Waals surface area contributed by atoms with Crippen LogP contribution in [0.1, 0.15) is 5.56 Å². The molecule has 1 heterocycles. The normalized spacial score (nSPS) is 11.5. The Morgan fingerprint density at radius 3 is 2.57 bits per heavy atom. The van der Waals surface area contributed by atoms with Gasteiger partial charge in [-0.25, -0.2) is 8.42 Å². The Hall–Kier alpha value is -1.63. The van der Waals surface area contributed by atoms with Crippen molar-refractivity contribution in [3.05, 3.63) is 60.0 Å². The highest BCUT2D eigenvalue weighted by Crippen LogP contribution is 2.22. The van der Waals surface area contributed by atoms with E-state index in [1.165, 1.54) is 15.6 Å². The van der Waals surface area contributed by atoms with Crippen molar-refractivity contribution in [2.75, 3.05) is 13.7 Å². The fourth-order valence-corrected chi connectivity index (χ4v) is 4.11. The lowest BCUT2D eigenvalue weighted by molar-refractivity contribution is 0.363. The van der Waals surface area contributed by atoms with E-state index in [0.717, 1.165) is 11.3 Å². The summed E-state index contributed by atoms with van der Waals surface area (Å²) in [6, 6.07) is 10.7. The molecule has 0 spiro atoms. The van der Waals surface area contributed by atoms with E-state index in [1.807, 2.05) is 24.3 Å². The van der Waals surface area contributed by atoms with Crippen molar-refractivity contribution in [1.29, 1.82) is 0 Å². The summed E-state index contributed by atoms with van der Waals surface area (Å²) in [5.74, 6) is 0.738. The lowest BCUT2D eigenvalue weighted by Crippen LogP contribution is -2.25. The van der Waals surface area contributed by atoms with Gasteiger partial charge in [0.2, 0.25) is 0 Å². The molecule has 2 rings (SSSR count). The van der Waals surface area contributed by atoms with Gasteiger partial charge < -0.3 is 4.74 Å². The van der Waals surface area contributed by atoms with Crippen LogP contribution in [-0.2, 0) is 16.6 Å². The number of rotatable bonds is 7. The molecule has 0 saturated carbocycles.